The van der Waals surface area contributed by atoms with Gasteiger partial charge >= 0.3 is 0 Å². The summed E-state index contributed by atoms with van der Waals surface area (Å²) in [6.07, 6.45) is 1.07. The van der Waals surface area contributed by atoms with Gasteiger partial charge in [-0.25, -0.2) is 0 Å². The molecule has 2 rings (SSSR count). The van der Waals surface area contributed by atoms with Crippen molar-refractivity contribution in [2.24, 2.45) is 5.73 Å². The fourth-order valence-electron chi connectivity index (χ4n) is 2.04. The summed E-state index contributed by atoms with van der Waals surface area (Å²) in [4.78, 5) is 2.22. The van der Waals surface area contributed by atoms with Crippen molar-refractivity contribution in [3.63, 3.8) is 0 Å². The van der Waals surface area contributed by atoms with Gasteiger partial charge in [-0.3, -0.25) is 0 Å². The molecule has 1 fully saturated rings. The van der Waals surface area contributed by atoms with Crippen molar-refractivity contribution >= 4 is 28.9 Å². The van der Waals surface area contributed by atoms with Gasteiger partial charge in [-0.2, -0.15) is 0 Å². The fraction of sp³-hybridized carbons (Fsp3) is 0.500. The van der Waals surface area contributed by atoms with Crippen molar-refractivity contribution < 1.29 is 4.74 Å². The Morgan fingerprint density at radius 3 is 2.94 bits per heavy atom. The zero-order valence-corrected chi connectivity index (χ0v) is 11.0. The summed E-state index contributed by atoms with van der Waals surface area (Å²) in [6.45, 7) is 3.04. The van der Waals surface area contributed by atoms with Crippen LogP contribution in [0.15, 0.2) is 18.2 Å². The molecule has 1 aliphatic heterocycles. The second-order valence-corrected chi connectivity index (χ2v) is 4.96. The molecule has 1 aliphatic rings. The van der Waals surface area contributed by atoms with E-state index in [9.17, 15) is 0 Å². The molecule has 2 N–H and O–H groups in total. The summed E-state index contributed by atoms with van der Waals surface area (Å²) in [7, 11) is 0. The maximum absolute atomic E-state index is 6.20. The average Bonchev–Trinajstić information content (AvgIpc) is 2.29. The van der Waals surface area contributed by atoms with E-state index in [0.717, 1.165) is 25.2 Å². The molecule has 0 aromatic heterocycles. The van der Waals surface area contributed by atoms with Crippen LogP contribution in [0.25, 0.3) is 0 Å². The van der Waals surface area contributed by atoms with Gasteiger partial charge in [0, 0.05) is 18.1 Å². The summed E-state index contributed by atoms with van der Waals surface area (Å²) >= 11 is 12.1. The van der Waals surface area contributed by atoms with Crippen molar-refractivity contribution in [2.75, 3.05) is 31.1 Å². The number of hydrogen-bond acceptors (Lipinski definition) is 3. The molecule has 1 saturated heterocycles. The molecule has 1 heterocycles. The van der Waals surface area contributed by atoms with Gasteiger partial charge in [0.1, 0.15) is 0 Å². The van der Waals surface area contributed by atoms with Crippen LogP contribution in [0.2, 0.25) is 10.0 Å². The van der Waals surface area contributed by atoms with Crippen LogP contribution in [0.5, 0.6) is 0 Å². The summed E-state index contributed by atoms with van der Waals surface area (Å²) in [5.41, 5.74) is 6.57. The molecule has 1 atom stereocenters. The maximum atomic E-state index is 6.20. The number of nitrogens with two attached hydrogens (primary N) is 1. The molecule has 1 unspecified atom stereocenters. The Morgan fingerprint density at radius 2 is 2.24 bits per heavy atom. The lowest BCUT2D eigenvalue weighted by Crippen LogP contribution is -2.43. The number of morpholine rings is 1. The monoisotopic (exact) mass is 274 g/mol. The van der Waals surface area contributed by atoms with Crippen LogP contribution in [-0.4, -0.2) is 32.3 Å². The molecule has 94 valence electrons. The molecular formula is C12H16Cl2N2O. The third-order valence-electron chi connectivity index (χ3n) is 2.88. The Kier molecular flexibility index (Phi) is 4.51. The van der Waals surface area contributed by atoms with Crippen LogP contribution < -0.4 is 10.6 Å². The first-order valence-electron chi connectivity index (χ1n) is 5.72. The molecule has 0 saturated carbocycles. The molecule has 17 heavy (non-hydrogen) atoms. The van der Waals surface area contributed by atoms with E-state index in [1.807, 2.05) is 12.1 Å². The average molecular weight is 275 g/mol. The minimum Gasteiger partial charge on any atom is -0.374 e. The summed E-state index contributed by atoms with van der Waals surface area (Å²) in [6, 6.07) is 5.58. The van der Waals surface area contributed by atoms with E-state index in [1.54, 1.807) is 6.07 Å². The van der Waals surface area contributed by atoms with Crippen LogP contribution in [0, 0.1) is 0 Å². The van der Waals surface area contributed by atoms with Gasteiger partial charge in [-0.05, 0) is 31.2 Å². The number of halogens is 2. The lowest BCUT2D eigenvalue weighted by Gasteiger charge is -2.35. The first-order chi connectivity index (χ1) is 8.20. The molecule has 0 bridgehead atoms. The zero-order chi connectivity index (χ0) is 12.3. The van der Waals surface area contributed by atoms with E-state index in [0.29, 0.717) is 23.2 Å². The lowest BCUT2D eigenvalue weighted by atomic mass is 10.2. The molecule has 3 nitrogen and oxygen atoms in total. The van der Waals surface area contributed by atoms with Crippen LogP contribution in [-0.2, 0) is 4.74 Å². The summed E-state index contributed by atoms with van der Waals surface area (Å²) in [5.74, 6) is 0. The standard InChI is InChI=1S/C12H16Cl2N2O/c13-9-1-2-12(11(14)7-9)16-5-6-17-10(8-16)3-4-15/h1-2,7,10H,3-6,8,15H2. The maximum Gasteiger partial charge on any atom is 0.0762 e. The first-order valence-corrected chi connectivity index (χ1v) is 6.48. The Balaban J connectivity index is 2.10. The molecule has 0 amide bonds. The first kappa shape index (κ1) is 13.0. The Bertz CT molecular complexity index is 385. The molecule has 1 aromatic carbocycles. The van der Waals surface area contributed by atoms with Gasteiger partial charge in [0.2, 0.25) is 0 Å². The highest BCUT2D eigenvalue weighted by atomic mass is 35.5. The largest absolute Gasteiger partial charge is 0.374 e. The number of anilines is 1. The molecule has 0 aliphatic carbocycles. The molecule has 5 heteroatoms. The third-order valence-corrected chi connectivity index (χ3v) is 3.42. The minimum absolute atomic E-state index is 0.195. The number of rotatable bonds is 3. The van der Waals surface area contributed by atoms with Crippen molar-refractivity contribution in [1.82, 2.24) is 0 Å². The zero-order valence-electron chi connectivity index (χ0n) is 9.53. The van der Waals surface area contributed by atoms with Crippen LogP contribution in [0.3, 0.4) is 0 Å². The fourth-order valence-corrected chi connectivity index (χ4v) is 2.56. The number of ether oxygens (including phenoxy) is 1. The highest BCUT2D eigenvalue weighted by Gasteiger charge is 2.21. The van der Waals surface area contributed by atoms with Gasteiger partial charge in [0.05, 0.1) is 23.4 Å². The Labute approximate surface area is 111 Å². The van der Waals surface area contributed by atoms with Crippen LogP contribution in [0.4, 0.5) is 5.69 Å². The number of benzene rings is 1. The van der Waals surface area contributed by atoms with Crippen molar-refractivity contribution in [2.45, 2.75) is 12.5 Å². The van der Waals surface area contributed by atoms with Crippen LogP contribution >= 0.6 is 23.2 Å². The van der Waals surface area contributed by atoms with E-state index in [1.165, 1.54) is 0 Å². The van der Waals surface area contributed by atoms with Gasteiger partial charge < -0.3 is 15.4 Å². The second-order valence-electron chi connectivity index (χ2n) is 4.11. The van der Waals surface area contributed by atoms with E-state index in [4.69, 9.17) is 33.7 Å². The van der Waals surface area contributed by atoms with Gasteiger partial charge in [0.15, 0.2) is 0 Å². The summed E-state index contributed by atoms with van der Waals surface area (Å²) < 4.78 is 5.64. The lowest BCUT2D eigenvalue weighted by molar-refractivity contribution is 0.0369. The second kappa shape index (κ2) is 5.91. The highest BCUT2D eigenvalue weighted by molar-refractivity contribution is 6.36. The number of nitrogens with zero attached hydrogens (tertiary/aromatic N) is 1. The highest BCUT2D eigenvalue weighted by Crippen LogP contribution is 2.30. The number of hydrogen-bond donors (Lipinski definition) is 1. The van der Waals surface area contributed by atoms with Gasteiger partial charge in [-0.15, -0.1) is 0 Å². The smallest absolute Gasteiger partial charge is 0.0762 e. The van der Waals surface area contributed by atoms with Crippen molar-refractivity contribution in [3.8, 4) is 0 Å². The Hall–Kier alpha value is -0.480. The Morgan fingerprint density at radius 1 is 1.41 bits per heavy atom. The molecular weight excluding hydrogens is 259 g/mol. The quantitative estimate of drug-likeness (QED) is 0.921. The van der Waals surface area contributed by atoms with Gasteiger partial charge in [-0.1, -0.05) is 23.2 Å². The van der Waals surface area contributed by atoms with Gasteiger partial charge in [0.25, 0.3) is 0 Å². The van der Waals surface area contributed by atoms with E-state index in [2.05, 4.69) is 4.90 Å². The predicted molar refractivity (Wildman–Crippen MR) is 72.1 cm³/mol. The van der Waals surface area contributed by atoms with Crippen molar-refractivity contribution in [3.05, 3.63) is 28.2 Å². The van der Waals surface area contributed by atoms with Crippen molar-refractivity contribution in [1.29, 1.82) is 0 Å². The predicted octanol–water partition coefficient (Wildman–Crippen LogP) is 2.55. The summed E-state index contributed by atoms with van der Waals surface area (Å²) in [5, 5.41) is 1.34. The molecule has 0 spiro atoms. The van der Waals surface area contributed by atoms with E-state index in [-0.39, 0.29) is 6.10 Å². The normalized spacial score (nSPS) is 20.6. The molecule has 1 aromatic rings. The van der Waals surface area contributed by atoms with Crippen LogP contribution in [0.1, 0.15) is 6.42 Å². The topological polar surface area (TPSA) is 38.5 Å². The van der Waals surface area contributed by atoms with E-state index >= 15 is 0 Å². The third kappa shape index (κ3) is 3.26. The van der Waals surface area contributed by atoms with E-state index < -0.39 is 0 Å². The SMILES string of the molecule is NCCC1CN(c2ccc(Cl)cc2Cl)CCO1. The minimum atomic E-state index is 0.195. The molecule has 0 radical (unpaired) electrons.